The monoisotopic (exact) mass is 434 g/mol. The van der Waals surface area contributed by atoms with Gasteiger partial charge in [0, 0.05) is 33.2 Å². The topological polar surface area (TPSA) is 100 Å². The predicted molar refractivity (Wildman–Crippen MR) is 125 cm³/mol. The van der Waals surface area contributed by atoms with E-state index in [9.17, 15) is 9.59 Å². The Labute approximate surface area is 185 Å². The minimum absolute atomic E-state index is 0.218. The van der Waals surface area contributed by atoms with Gasteiger partial charge < -0.3 is 21.4 Å². The summed E-state index contributed by atoms with van der Waals surface area (Å²) in [6, 6.07) is 12.3. The van der Waals surface area contributed by atoms with Gasteiger partial charge in [-0.2, -0.15) is 0 Å². The summed E-state index contributed by atoms with van der Waals surface area (Å²) in [5.74, 6) is -0.449. The molecule has 0 saturated heterocycles. The van der Waals surface area contributed by atoms with Gasteiger partial charge in [0.05, 0.1) is 17.3 Å². The van der Waals surface area contributed by atoms with Gasteiger partial charge in [-0.3, -0.25) is 9.59 Å². The molecule has 1 aliphatic heterocycles. The minimum atomic E-state index is -0.231. The van der Waals surface area contributed by atoms with Crippen molar-refractivity contribution in [1.82, 2.24) is 10.3 Å². The SMILES string of the molecule is Cc1[nH]c(/C=C2\C(=O)Nc3ccc(C(=O)NC(C)c4cccc(Cl)c4)cc32)c(C)c1N. The number of aromatic amines is 1. The van der Waals surface area contributed by atoms with Crippen LogP contribution < -0.4 is 16.4 Å². The number of benzene rings is 2. The molecule has 0 radical (unpaired) electrons. The van der Waals surface area contributed by atoms with Crippen LogP contribution >= 0.6 is 11.6 Å². The Morgan fingerprint density at radius 1 is 1.19 bits per heavy atom. The molecular formula is C24H23ClN4O2. The van der Waals surface area contributed by atoms with Gasteiger partial charge in [-0.15, -0.1) is 0 Å². The summed E-state index contributed by atoms with van der Waals surface area (Å²) < 4.78 is 0. The second-order valence-corrected chi connectivity index (χ2v) is 8.16. The second kappa shape index (κ2) is 7.96. The Morgan fingerprint density at radius 2 is 1.97 bits per heavy atom. The molecule has 158 valence electrons. The Morgan fingerprint density at radius 3 is 2.65 bits per heavy atom. The fourth-order valence-corrected chi connectivity index (χ4v) is 3.89. The number of nitrogens with two attached hydrogens (primary N) is 1. The molecule has 1 atom stereocenters. The molecule has 2 heterocycles. The molecule has 0 aliphatic carbocycles. The molecule has 2 amide bonds. The number of nitrogens with one attached hydrogen (secondary N) is 3. The smallest absolute Gasteiger partial charge is 0.256 e. The lowest BCUT2D eigenvalue weighted by Crippen LogP contribution is -2.26. The zero-order valence-electron chi connectivity index (χ0n) is 17.5. The average molecular weight is 435 g/mol. The number of hydrogen-bond acceptors (Lipinski definition) is 3. The molecule has 1 aliphatic rings. The van der Waals surface area contributed by atoms with Gasteiger partial charge in [0.15, 0.2) is 0 Å². The van der Waals surface area contributed by atoms with Gasteiger partial charge in [0.2, 0.25) is 0 Å². The molecule has 7 heteroatoms. The molecule has 31 heavy (non-hydrogen) atoms. The molecule has 0 bridgehead atoms. The summed E-state index contributed by atoms with van der Waals surface area (Å²) in [7, 11) is 0. The number of aryl methyl sites for hydroxylation is 1. The number of amides is 2. The lowest BCUT2D eigenvalue weighted by molar-refractivity contribution is -0.110. The van der Waals surface area contributed by atoms with Crippen molar-refractivity contribution >= 4 is 46.4 Å². The highest BCUT2D eigenvalue weighted by atomic mass is 35.5. The van der Waals surface area contributed by atoms with Gasteiger partial charge in [-0.05, 0) is 68.3 Å². The van der Waals surface area contributed by atoms with Crippen LogP contribution in [0, 0.1) is 13.8 Å². The van der Waals surface area contributed by atoms with E-state index in [1.807, 2.05) is 39.0 Å². The van der Waals surface area contributed by atoms with Crippen LogP contribution in [-0.4, -0.2) is 16.8 Å². The number of carbonyl (C=O) groups is 2. The number of aromatic nitrogens is 1. The number of rotatable bonds is 4. The Bertz CT molecular complexity index is 1240. The highest BCUT2D eigenvalue weighted by molar-refractivity contribution is 6.35. The van der Waals surface area contributed by atoms with Crippen molar-refractivity contribution in [1.29, 1.82) is 0 Å². The van der Waals surface area contributed by atoms with Crippen LogP contribution in [0.1, 0.15) is 51.4 Å². The van der Waals surface area contributed by atoms with Gasteiger partial charge in [0.25, 0.3) is 11.8 Å². The number of carbonyl (C=O) groups excluding carboxylic acids is 2. The number of halogens is 1. The van der Waals surface area contributed by atoms with E-state index < -0.39 is 0 Å². The first-order valence-corrected chi connectivity index (χ1v) is 10.3. The minimum Gasteiger partial charge on any atom is -0.397 e. The van der Waals surface area contributed by atoms with Crippen molar-refractivity contribution in [2.24, 2.45) is 0 Å². The zero-order chi connectivity index (χ0) is 22.3. The summed E-state index contributed by atoms with van der Waals surface area (Å²) in [4.78, 5) is 28.7. The molecule has 1 aromatic heterocycles. The molecule has 0 fully saturated rings. The van der Waals surface area contributed by atoms with Gasteiger partial charge in [0.1, 0.15) is 0 Å². The fourth-order valence-electron chi connectivity index (χ4n) is 3.69. The lowest BCUT2D eigenvalue weighted by Gasteiger charge is -2.15. The van der Waals surface area contributed by atoms with E-state index in [2.05, 4.69) is 15.6 Å². The summed E-state index contributed by atoms with van der Waals surface area (Å²) in [6.07, 6.45) is 1.77. The van der Waals surface area contributed by atoms with Crippen LogP contribution in [0.15, 0.2) is 42.5 Å². The highest BCUT2D eigenvalue weighted by Crippen LogP contribution is 2.35. The van der Waals surface area contributed by atoms with Crippen LogP contribution in [0.4, 0.5) is 11.4 Å². The van der Waals surface area contributed by atoms with Gasteiger partial charge >= 0.3 is 0 Å². The molecule has 4 rings (SSSR count). The standard InChI is InChI=1S/C24H23ClN4O2/c1-12-21(27-14(3)22(12)26)11-19-18-10-16(7-8-20(18)29-24(19)31)23(30)28-13(2)15-5-4-6-17(25)9-15/h4-11,13,27H,26H2,1-3H3,(H,28,30)(H,29,31)/b19-11-. The average Bonchev–Trinajstić information content (AvgIpc) is 3.18. The third kappa shape index (κ3) is 3.94. The van der Waals surface area contributed by atoms with Gasteiger partial charge in [-0.1, -0.05) is 23.7 Å². The molecule has 5 N–H and O–H groups in total. The lowest BCUT2D eigenvalue weighted by atomic mass is 10.0. The second-order valence-electron chi connectivity index (χ2n) is 7.73. The number of anilines is 2. The first-order chi connectivity index (χ1) is 14.7. The van der Waals surface area contributed by atoms with Crippen molar-refractivity contribution < 1.29 is 9.59 Å². The normalized spacial score (nSPS) is 15.0. The van der Waals surface area contributed by atoms with Crippen molar-refractivity contribution in [3.8, 4) is 0 Å². The van der Waals surface area contributed by atoms with E-state index in [1.165, 1.54) is 0 Å². The van der Waals surface area contributed by atoms with E-state index in [0.717, 1.165) is 22.5 Å². The summed E-state index contributed by atoms with van der Waals surface area (Å²) in [5.41, 5.74) is 12.5. The molecule has 3 aromatic rings. The van der Waals surface area contributed by atoms with Crippen LogP contribution in [0.5, 0.6) is 0 Å². The van der Waals surface area contributed by atoms with Crippen molar-refractivity contribution in [3.05, 3.63) is 81.1 Å². The van der Waals surface area contributed by atoms with Crippen molar-refractivity contribution in [3.63, 3.8) is 0 Å². The van der Waals surface area contributed by atoms with E-state index >= 15 is 0 Å². The van der Waals surface area contributed by atoms with E-state index in [-0.39, 0.29) is 17.9 Å². The maximum absolute atomic E-state index is 12.9. The van der Waals surface area contributed by atoms with Gasteiger partial charge in [-0.25, -0.2) is 0 Å². The van der Waals surface area contributed by atoms with Crippen LogP contribution in [0.25, 0.3) is 11.6 Å². The molecule has 0 saturated carbocycles. The van der Waals surface area contributed by atoms with Crippen LogP contribution in [0.3, 0.4) is 0 Å². The van der Waals surface area contributed by atoms with Crippen LogP contribution in [0.2, 0.25) is 5.02 Å². The Hall–Kier alpha value is -3.51. The fraction of sp³-hybridized carbons (Fsp3) is 0.167. The largest absolute Gasteiger partial charge is 0.397 e. The Kier molecular flexibility index (Phi) is 5.33. The predicted octanol–water partition coefficient (Wildman–Crippen LogP) is 4.85. The van der Waals surface area contributed by atoms with Crippen molar-refractivity contribution in [2.75, 3.05) is 11.1 Å². The third-order valence-corrected chi connectivity index (χ3v) is 5.82. The summed E-state index contributed by atoms with van der Waals surface area (Å²) in [6.45, 7) is 5.69. The van der Waals surface area contributed by atoms with E-state index in [4.69, 9.17) is 17.3 Å². The summed E-state index contributed by atoms with van der Waals surface area (Å²) >= 11 is 6.06. The third-order valence-electron chi connectivity index (χ3n) is 5.58. The first-order valence-electron chi connectivity index (χ1n) is 9.93. The zero-order valence-corrected chi connectivity index (χ0v) is 18.2. The maximum atomic E-state index is 12.9. The molecule has 2 aromatic carbocycles. The highest BCUT2D eigenvalue weighted by Gasteiger charge is 2.26. The Balaban J connectivity index is 1.63. The maximum Gasteiger partial charge on any atom is 0.256 e. The molecular weight excluding hydrogens is 412 g/mol. The number of nitrogen functional groups attached to an aromatic ring is 1. The van der Waals surface area contributed by atoms with E-state index in [0.29, 0.717) is 33.1 Å². The molecule has 6 nitrogen and oxygen atoms in total. The van der Waals surface area contributed by atoms with E-state index in [1.54, 1.807) is 30.3 Å². The number of hydrogen-bond donors (Lipinski definition) is 4. The quantitative estimate of drug-likeness (QED) is 0.441. The summed E-state index contributed by atoms with van der Waals surface area (Å²) in [5, 5.41) is 6.45. The number of H-pyrrole nitrogens is 1. The molecule has 0 spiro atoms. The first kappa shape index (κ1) is 20.8. The van der Waals surface area contributed by atoms with Crippen LogP contribution in [-0.2, 0) is 4.79 Å². The number of fused-ring (bicyclic) bond motifs is 1. The molecule has 1 unspecified atom stereocenters. The van der Waals surface area contributed by atoms with Crippen molar-refractivity contribution in [2.45, 2.75) is 26.8 Å².